The quantitative estimate of drug-likeness (QED) is 0.516. The highest BCUT2D eigenvalue weighted by molar-refractivity contribution is 6.01. The van der Waals surface area contributed by atoms with Gasteiger partial charge in [0.1, 0.15) is 5.58 Å². The fourth-order valence-corrected chi connectivity index (χ4v) is 2.93. The maximum Gasteiger partial charge on any atom is 0.311 e. The molecule has 6 heteroatoms. The highest BCUT2D eigenvalue weighted by Crippen LogP contribution is 2.23. The Morgan fingerprint density at radius 1 is 1.11 bits per heavy atom. The van der Waals surface area contributed by atoms with Crippen molar-refractivity contribution in [2.75, 3.05) is 5.32 Å². The normalized spacial score (nSPS) is 11.8. The molecule has 1 heterocycles. The van der Waals surface area contributed by atoms with Gasteiger partial charge in [0.25, 0.3) is 0 Å². The number of ether oxygens (including phenoxy) is 1. The zero-order valence-electron chi connectivity index (χ0n) is 15.9. The first kappa shape index (κ1) is 19.4. The van der Waals surface area contributed by atoms with E-state index >= 15 is 0 Å². The Hall–Kier alpha value is -3.41. The van der Waals surface area contributed by atoms with E-state index in [2.05, 4.69) is 5.32 Å². The summed E-state index contributed by atoms with van der Waals surface area (Å²) in [4.78, 5) is 35.8. The van der Waals surface area contributed by atoms with Crippen LogP contribution in [0.3, 0.4) is 0 Å². The Morgan fingerprint density at radius 3 is 2.50 bits per heavy atom. The van der Waals surface area contributed by atoms with Crippen LogP contribution >= 0.6 is 0 Å². The maximum absolute atomic E-state index is 12.5. The number of fused-ring (bicyclic) bond motifs is 1. The molecule has 1 amide bonds. The molecule has 2 aromatic carbocycles. The largest absolute Gasteiger partial charge is 0.464 e. The molecule has 3 rings (SSSR count). The standard InChI is InChI=1S/C22H21NO5/c1-13-4-9-19-17(12-27-20(19)10-13)11-21(25)28-14(2)22(26)16-5-7-18(8-6-16)23-15(3)24/h4-10,12,14H,11H2,1-3H3,(H,23,24)/t14-/m0/s1. The number of aryl methyl sites for hydroxylation is 1. The monoisotopic (exact) mass is 379 g/mol. The molecular formula is C22H21NO5. The summed E-state index contributed by atoms with van der Waals surface area (Å²) < 4.78 is 10.8. The number of nitrogens with one attached hydrogen (secondary N) is 1. The molecule has 0 aliphatic heterocycles. The van der Waals surface area contributed by atoms with Gasteiger partial charge in [0.2, 0.25) is 11.7 Å². The number of ketones is 1. The predicted molar refractivity (Wildman–Crippen MR) is 105 cm³/mol. The Labute approximate surface area is 162 Å². The third-order valence-corrected chi connectivity index (χ3v) is 4.31. The molecule has 0 fully saturated rings. The van der Waals surface area contributed by atoms with Crippen molar-refractivity contribution in [1.82, 2.24) is 0 Å². The van der Waals surface area contributed by atoms with E-state index in [1.54, 1.807) is 37.5 Å². The van der Waals surface area contributed by atoms with Gasteiger partial charge in [-0.05, 0) is 49.7 Å². The zero-order chi connectivity index (χ0) is 20.3. The Balaban J connectivity index is 1.63. The van der Waals surface area contributed by atoms with Crippen LogP contribution in [0.25, 0.3) is 11.0 Å². The third-order valence-electron chi connectivity index (χ3n) is 4.31. The number of amides is 1. The molecule has 0 spiro atoms. The van der Waals surface area contributed by atoms with Crippen LogP contribution in [0, 0.1) is 6.92 Å². The first-order chi connectivity index (χ1) is 13.3. The van der Waals surface area contributed by atoms with Gasteiger partial charge in [-0.1, -0.05) is 12.1 Å². The number of esters is 1. The van der Waals surface area contributed by atoms with Gasteiger partial charge in [0, 0.05) is 29.1 Å². The number of furan rings is 1. The molecular weight excluding hydrogens is 358 g/mol. The average molecular weight is 379 g/mol. The third kappa shape index (κ3) is 4.46. The highest BCUT2D eigenvalue weighted by Gasteiger charge is 2.21. The minimum absolute atomic E-state index is 0.0230. The van der Waals surface area contributed by atoms with Crippen molar-refractivity contribution in [3.05, 3.63) is 65.4 Å². The van der Waals surface area contributed by atoms with Crippen LogP contribution in [0.15, 0.2) is 53.1 Å². The lowest BCUT2D eigenvalue weighted by molar-refractivity contribution is -0.145. The SMILES string of the molecule is CC(=O)Nc1ccc(C(=O)[C@H](C)OC(=O)Cc2coc3cc(C)ccc23)cc1. The number of carbonyl (C=O) groups excluding carboxylic acids is 3. The summed E-state index contributed by atoms with van der Waals surface area (Å²) in [5, 5.41) is 3.49. The minimum Gasteiger partial charge on any atom is -0.464 e. The lowest BCUT2D eigenvalue weighted by Gasteiger charge is -2.12. The van der Waals surface area contributed by atoms with Crippen LogP contribution in [0.5, 0.6) is 0 Å². The van der Waals surface area contributed by atoms with E-state index in [1.165, 1.54) is 6.92 Å². The summed E-state index contributed by atoms with van der Waals surface area (Å²) in [5.41, 5.74) is 3.50. The predicted octanol–water partition coefficient (Wildman–Crippen LogP) is 4.06. The molecule has 0 aliphatic carbocycles. The van der Waals surface area contributed by atoms with Gasteiger partial charge in [-0.3, -0.25) is 14.4 Å². The van der Waals surface area contributed by atoms with Gasteiger partial charge in [-0.2, -0.15) is 0 Å². The maximum atomic E-state index is 12.5. The fourth-order valence-electron chi connectivity index (χ4n) is 2.93. The van der Waals surface area contributed by atoms with Gasteiger partial charge < -0.3 is 14.5 Å². The van der Waals surface area contributed by atoms with Crippen LogP contribution in [0.4, 0.5) is 5.69 Å². The minimum atomic E-state index is -0.917. The first-order valence-corrected chi connectivity index (χ1v) is 8.91. The van der Waals surface area contributed by atoms with E-state index in [0.717, 1.165) is 16.5 Å². The van der Waals surface area contributed by atoms with Crippen LogP contribution in [-0.2, 0) is 20.7 Å². The van der Waals surface area contributed by atoms with E-state index in [9.17, 15) is 14.4 Å². The van der Waals surface area contributed by atoms with Crippen molar-refractivity contribution in [3.8, 4) is 0 Å². The molecule has 3 aromatic rings. The summed E-state index contributed by atoms with van der Waals surface area (Å²) >= 11 is 0. The molecule has 0 unspecified atom stereocenters. The lowest BCUT2D eigenvalue weighted by Crippen LogP contribution is -2.25. The molecule has 6 nitrogen and oxygen atoms in total. The van der Waals surface area contributed by atoms with Gasteiger partial charge in [0.15, 0.2) is 6.10 Å². The molecule has 0 aliphatic rings. The van der Waals surface area contributed by atoms with Crippen molar-refractivity contribution < 1.29 is 23.5 Å². The second-order valence-corrected chi connectivity index (χ2v) is 6.69. The number of anilines is 1. The van der Waals surface area contributed by atoms with Crippen molar-refractivity contribution in [2.24, 2.45) is 0 Å². The van der Waals surface area contributed by atoms with E-state index in [-0.39, 0.29) is 18.1 Å². The highest BCUT2D eigenvalue weighted by atomic mass is 16.5. The van der Waals surface area contributed by atoms with E-state index in [0.29, 0.717) is 16.8 Å². The fraction of sp³-hybridized carbons (Fsp3) is 0.227. The molecule has 144 valence electrons. The summed E-state index contributed by atoms with van der Waals surface area (Å²) in [6, 6.07) is 12.2. The first-order valence-electron chi connectivity index (χ1n) is 8.91. The van der Waals surface area contributed by atoms with Gasteiger partial charge in [-0.25, -0.2) is 0 Å². The second-order valence-electron chi connectivity index (χ2n) is 6.69. The summed E-state index contributed by atoms with van der Waals surface area (Å²) in [6.07, 6.45) is 0.646. The van der Waals surface area contributed by atoms with Crippen LogP contribution in [-0.4, -0.2) is 23.8 Å². The second kappa shape index (κ2) is 8.08. The van der Waals surface area contributed by atoms with Crippen molar-refractivity contribution in [2.45, 2.75) is 33.3 Å². The van der Waals surface area contributed by atoms with Gasteiger partial charge in [0.05, 0.1) is 12.7 Å². The molecule has 28 heavy (non-hydrogen) atoms. The topological polar surface area (TPSA) is 85.6 Å². The Morgan fingerprint density at radius 2 is 1.82 bits per heavy atom. The number of carbonyl (C=O) groups is 3. The summed E-state index contributed by atoms with van der Waals surface area (Å²) in [5.74, 6) is -1.00. The van der Waals surface area contributed by atoms with Gasteiger partial charge in [-0.15, -0.1) is 0 Å². The average Bonchev–Trinajstić information content (AvgIpc) is 3.02. The number of benzene rings is 2. The van der Waals surface area contributed by atoms with Crippen molar-refractivity contribution in [3.63, 3.8) is 0 Å². The van der Waals surface area contributed by atoms with Crippen molar-refractivity contribution in [1.29, 1.82) is 0 Å². The summed E-state index contributed by atoms with van der Waals surface area (Å²) in [6.45, 7) is 4.91. The molecule has 0 bridgehead atoms. The Bertz CT molecular complexity index is 1030. The molecule has 1 N–H and O–H groups in total. The van der Waals surface area contributed by atoms with Gasteiger partial charge >= 0.3 is 5.97 Å². The van der Waals surface area contributed by atoms with Crippen LogP contribution < -0.4 is 5.32 Å². The van der Waals surface area contributed by atoms with E-state index < -0.39 is 12.1 Å². The number of hydrogen-bond acceptors (Lipinski definition) is 5. The molecule has 1 atom stereocenters. The van der Waals surface area contributed by atoms with Crippen LogP contribution in [0.2, 0.25) is 0 Å². The Kier molecular flexibility index (Phi) is 5.59. The van der Waals surface area contributed by atoms with E-state index in [1.807, 2.05) is 25.1 Å². The lowest BCUT2D eigenvalue weighted by atomic mass is 10.1. The number of rotatable bonds is 6. The number of hydrogen-bond donors (Lipinski definition) is 1. The molecule has 0 saturated carbocycles. The zero-order valence-corrected chi connectivity index (χ0v) is 15.9. The van der Waals surface area contributed by atoms with Crippen molar-refractivity contribution >= 4 is 34.3 Å². The number of Topliss-reactive ketones (excluding diaryl/α,β-unsaturated/α-hetero) is 1. The van der Waals surface area contributed by atoms with E-state index in [4.69, 9.17) is 9.15 Å². The molecule has 0 radical (unpaired) electrons. The molecule has 1 aromatic heterocycles. The smallest absolute Gasteiger partial charge is 0.311 e. The molecule has 0 saturated heterocycles. The van der Waals surface area contributed by atoms with Crippen LogP contribution in [0.1, 0.15) is 35.3 Å². The summed E-state index contributed by atoms with van der Waals surface area (Å²) in [7, 11) is 0.